The van der Waals surface area contributed by atoms with E-state index in [1.165, 1.54) is 5.56 Å². The smallest absolute Gasteiger partial charge is 0.207 e. The van der Waals surface area contributed by atoms with Crippen LogP contribution >= 0.6 is 0 Å². The van der Waals surface area contributed by atoms with Gasteiger partial charge in [-0.2, -0.15) is 0 Å². The fraction of sp³-hybridized carbons (Fsp3) is 0.417. The van der Waals surface area contributed by atoms with Gasteiger partial charge in [0, 0.05) is 12.6 Å². The Balaban J connectivity index is 2.31. The topological polar surface area (TPSA) is 41.1 Å². The maximum atomic E-state index is 10.2. The van der Waals surface area contributed by atoms with Gasteiger partial charge in [0.15, 0.2) is 0 Å². The van der Waals surface area contributed by atoms with E-state index in [2.05, 4.69) is 22.8 Å². The molecule has 0 aliphatic rings. The highest BCUT2D eigenvalue weighted by molar-refractivity contribution is 5.45. The number of likely N-dealkylation sites (N-methyl/N-ethyl adjacent to an activating group) is 1. The van der Waals surface area contributed by atoms with Crippen molar-refractivity contribution >= 4 is 6.41 Å². The summed E-state index contributed by atoms with van der Waals surface area (Å²) in [5.74, 6) is 0. The van der Waals surface area contributed by atoms with Crippen LogP contribution in [0.15, 0.2) is 30.3 Å². The predicted octanol–water partition coefficient (Wildman–Crippen LogP) is 0.953. The van der Waals surface area contributed by atoms with Crippen LogP contribution in [0.25, 0.3) is 0 Å². The van der Waals surface area contributed by atoms with Crippen molar-refractivity contribution in [3.05, 3.63) is 35.9 Å². The number of carbonyl (C=O) groups excluding carboxylic acids is 1. The summed E-state index contributed by atoms with van der Waals surface area (Å²) in [6.07, 6.45) is 2.81. The van der Waals surface area contributed by atoms with Gasteiger partial charge in [0.2, 0.25) is 6.41 Å². The lowest BCUT2D eigenvalue weighted by Gasteiger charge is -2.15. The van der Waals surface area contributed by atoms with Crippen LogP contribution in [0.5, 0.6) is 0 Å². The zero-order valence-electron chi connectivity index (χ0n) is 9.07. The van der Waals surface area contributed by atoms with Crippen molar-refractivity contribution in [2.75, 3.05) is 13.6 Å². The van der Waals surface area contributed by atoms with Crippen molar-refractivity contribution in [1.29, 1.82) is 0 Å². The summed E-state index contributed by atoms with van der Waals surface area (Å²) >= 11 is 0. The van der Waals surface area contributed by atoms with Gasteiger partial charge in [-0.3, -0.25) is 4.79 Å². The predicted molar refractivity (Wildman–Crippen MR) is 61.7 cm³/mol. The molecule has 0 heterocycles. The van der Waals surface area contributed by atoms with Crippen molar-refractivity contribution in [3.8, 4) is 0 Å². The highest BCUT2D eigenvalue weighted by Crippen LogP contribution is 2.04. The molecule has 0 aliphatic heterocycles. The summed E-state index contributed by atoms with van der Waals surface area (Å²) < 4.78 is 0. The van der Waals surface area contributed by atoms with Crippen molar-refractivity contribution in [3.63, 3.8) is 0 Å². The minimum Gasteiger partial charge on any atom is -0.357 e. The number of amides is 1. The molecule has 0 aromatic heterocycles. The second kappa shape index (κ2) is 7.01. The first-order chi connectivity index (χ1) is 7.36. The lowest BCUT2D eigenvalue weighted by Crippen LogP contribution is -2.36. The number of benzene rings is 1. The average Bonchev–Trinajstić information content (AvgIpc) is 2.31. The Morgan fingerprint density at radius 1 is 1.33 bits per heavy atom. The number of carbonyl (C=O) groups is 1. The van der Waals surface area contributed by atoms with E-state index in [4.69, 9.17) is 0 Å². The van der Waals surface area contributed by atoms with Crippen LogP contribution in [0.2, 0.25) is 0 Å². The quantitative estimate of drug-likeness (QED) is 0.652. The van der Waals surface area contributed by atoms with Crippen LogP contribution < -0.4 is 10.6 Å². The van der Waals surface area contributed by atoms with Gasteiger partial charge in [0.05, 0.1) is 0 Å². The maximum absolute atomic E-state index is 10.2. The van der Waals surface area contributed by atoms with Gasteiger partial charge in [-0.15, -0.1) is 0 Å². The van der Waals surface area contributed by atoms with E-state index in [1.807, 2.05) is 25.2 Å². The van der Waals surface area contributed by atoms with Crippen LogP contribution in [0.4, 0.5) is 0 Å². The minimum absolute atomic E-state index is 0.343. The molecule has 15 heavy (non-hydrogen) atoms. The average molecular weight is 206 g/mol. The van der Waals surface area contributed by atoms with Gasteiger partial charge < -0.3 is 10.6 Å². The zero-order valence-corrected chi connectivity index (χ0v) is 9.07. The monoisotopic (exact) mass is 206 g/mol. The Bertz CT molecular complexity index is 274. The first-order valence-corrected chi connectivity index (χ1v) is 5.25. The summed E-state index contributed by atoms with van der Waals surface area (Å²) in [5, 5.41) is 5.88. The van der Waals surface area contributed by atoms with Crippen LogP contribution in [-0.2, 0) is 11.2 Å². The number of aryl methyl sites for hydroxylation is 1. The highest BCUT2D eigenvalue weighted by Gasteiger charge is 2.04. The molecule has 1 atom stereocenters. The molecular formula is C12H18N2O. The molecule has 1 aromatic rings. The third-order valence-corrected chi connectivity index (χ3v) is 2.48. The van der Waals surface area contributed by atoms with Crippen molar-refractivity contribution in [2.24, 2.45) is 0 Å². The van der Waals surface area contributed by atoms with Crippen LogP contribution in [0.3, 0.4) is 0 Å². The van der Waals surface area contributed by atoms with E-state index in [0.717, 1.165) is 19.3 Å². The molecule has 2 N–H and O–H groups in total. The first-order valence-electron chi connectivity index (χ1n) is 5.25. The van der Waals surface area contributed by atoms with Gasteiger partial charge in [0.1, 0.15) is 0 Å². The maximum Gasteiger partial charge on any atom is 0.207 e. The largest absolute Gasteiger partial charge is 0.357 e. The van der Waals surface area contributed by atoms with Gasteiger partial charge in [0.25, 0.3) is 0 Å². The van der Waals surface area contributed by atoms with E-state index >= 15 is 0 Å². The summed E-state index contributed by atoms with van der Waals surface area (Å²) in [6, 6.07) is 10.7. The molecular weight excluding hydrogens is 188 g/mol. The van der Waals surface area contributed by atoms with E-state index in [1.54, 1.807) is 0 Å². The molecule has 0 fully saturated rings. The Hall–Kier alpha value is -1.35. The number of rotatable bonds is 7. The van der Waals surface area contributed by atoms with Crippen molar-refractivity contribution < 1.29 is 4.79 Å². The van der Waals surface area contributed by atoms with Gasteiger partial charge in [-0.05, 0) is 25.5 Å². The molecule has 3 nitrogen and oxygen atoms in total. The number of hydrogen-bond acceptors (Lipinski definition) is 2. The molecule has 1 amide bonds. The lowest BCUT2D eigenvalue weighted by molar-refractivity contribution is -0.109. The Morgan fingerprint density at radius 3 is 2.67 bits per heavy atom. The molecule has 1 aromatic carbocycles. The molecule has 0 radical (unpaired) electrons. The van der Waals surface area contributed by atoms with Crippen molar-refractivity contribution in [1.82, 2.24) is 10.6 Å². The number of nitrogens with one attached hydrogen (secondary N) is 2. The molecule has 1 rings (SSSR count). The molecule has 0 bridgehead atoms. The fourth-order valence-corrected chi connectivity index (χ4v) is 1.52. The second-order valence-electron chi connectivity index (χ2n) is 3.54. The summed E-state index contributed by atoms with van der Waals surface area (Å²) in [5.41, 5.74) is 1.34. The third kappa shape index (κ3) is 4.61. The van der Waals surface area contributed by atoms with E-state index in [-0.39, 0.29) is 0 Å². The molecule has 3 heteroatoms. The van der Waals surface area contributed by atoms with Crippen LogP contribution in [0.1, 0.15) is 12.0 Å². The van der Waals surface area contributed by atoms with Gasteiger partial charge in [-0.1, -0.05) is 30.3 Å². The standard InChI is InChI=1S/C12H18N2O/c1-13-12(9-14-10-15)8-7-11-5-3-2-4-6-11/h2-6,10,12-13H,7-9H2,1H3,(H,14,15)/t12-/m0/s1. The van der Waals surface area contributed by atoms with E-state index in [0.29, 0.717) is 12.6 Å². The molecule has 0 saturated carbocycles. The summed E-state index contributed by atoms with van der Waals surface area (Å²) in [7, 11) is 1.92. The Labute approximate surface area is 90.9 Å². The summed E-state index contributed by atoms with van der Waals surface area (Å²) in [6.45, 7) is 0.687. The normalized spacial score (nSPS) is 12.1. The van der Waals surface area contributed by atoms with Crippen LogP contribution in [0, 0.1) is 0 Å². The Kier molecular flexibility index (Phi) is 5.48. The lowest BCUT2D eigenvalue weighted by atomic mass is 10.1. The fourth-order valence-electron chi connectivity index (χ4n) is 1.52. The minimum atomic E-state index is 0.343. The summed E-state index contributed by atoms with van der Waals surface area (Å²) in [4.78, 5) is 10.2. The first kappa shape index (κ1) is 11.7. The van der Waals surface area contributed by atoms with Gasteiger partial charge in [-0.25, -0.2) is 0 Å². The highest BCUT2D eigenvalue weighted by atomic mass is 16.1. The molecule has 82 valence electrons. The molecule has 0 unspecified atom stereocenters. The van der Waals surface area contributed by atoms with E-state index in [9.17, 15) is 4.79 Å². The second-order valence-corrected chi connectivity index (χ2v) is 3.54. The van der Waals surface area contributed by atoms with Crippen LogP contribution in [-0.4, -0.2) is 26.0 Å². The van der Waals surface area contributed by atoms with E-state index < -0.39 is 0 Å². The molecule has 0 saturated heterocycles. The molecule has 0 aliphatic carbocycles. The SMILES string of the molecule is CN[C@@H](CCc1ccccc1)CNC=O. The Morgan fingerprint density at radius 2 is 2.07 bits per heavy atom. The third-order valence-electron chi connectivity index (χ3n) is 2.48. The van der Waals surface area contributed by atoms with Gasteiger partial charge >= 0.3 is 0 Å². The zero-order chi connectivity index (χ0) is 10.9. The molecule has 0 spiro atoms. The number of hydrogen-bond donors (Lipinski definition) is 2. The van der Waals surface area contributed by atoms with Crippen molar-refractivity contribution in [2.45, 2.75) is 18.9 Å².